The molecule has 2 aromatic heterocycles. The first-order valence-electron chi connectivity index (χ1n) is 14.0. The first-order chi connectivity index (χ1) is 20.4. The Kier molecular flexibility index (Phi) is 8.39. The fourth-order valence-corrected chi connectivity index (χ4v) is 6.82. The van der Waals surface area contributed by atoms with Gasteiger partial charge in [0.05, 0.1) is 36.5 Å². The maximum absolute atomic E-state index is 14.0. The molecule has 1 atom stereocenters. The maximum atomic E-state index is 14.0. The van der Waals surface area contributed by atoms with Crippen LogP contribution in [-0.4, -0.2) is 62.5 Å². The monoisotopic (exact) mass is 601 g/mol. The van der Waals surface area contributed by atoms with E-state index < -0.39 is 34.2 Å². The number of aromatic nitrogens is 4. The fraction of sp³-hybridized carbons (Fsp3) is 0.355. The Hall–Kier alpha value is -4.47. The lowest BCUT2D eigenvalue weighted by Gasteiger charge is -2.40. The number of anilines is 1. The number of aryl methyl sites for hydroxylation is 1. The average molecular weight is 602 g/mol. The summed E-state index contributed by atoms with van der Waals surface area (Å²) >= 11 is 0. The second kappa shape index (κ2) is 12.0. The molecule has 0 aliphatic carbocycles. The van der Waals surface area contributed by atoms with Crippen molar-refractivity contribution in [1.82, 2.24) is 23.4 Å². The van der Waals surface area contributed by atoms with E-state index in [-0.39, 0.29) is 5.03 Å². The van der Waals surface area contributed by atoms with Crippen LogP contribution in [0.4, 0.5) is 5.69 Å². The highest BCUT2D eigenvalue weighted by molar-refractivity contribution is 7.89. The van der Waals surface area contributed by atoms with Crippen molar-refractivity contribution in [3.8, 4) is 6.07 Å². The number of hydrogen-bond acceptors (Lipinski definition) is 8. The fourth-order valence-electron chi connectivity index (χ4n) is 5.29. The van der Waals surface area contributed by atoms with Gasteiger partial charge in [0.2, 0.25) is 0 Å². The largest absolute Gasteiger partial charge is 0.459 e. The van der Waals surface area contributed by atoms with Gasteiger partial charge in [0, 0.05) is 44.3 Å². The van der Waals surface area contributed by atoms with Gasteiger partial charge in [-0.05, 0) is 56.5 Å². The second-order valence-corrected chi connectivity index (χ2v) is 13.5. The summed E-state index contributed by atoms with van der Waals surface area (Å²) < 4.78 is 38.4. The van der Waals surface area contributed by atoms with Gasteiger partial charge in [0.25, 0.3) is 10.0 Å². The predicted octanol–water partition coefficient (Wildman–Crippen LogP) is 3.50. The second-order valence-electron chi connectivity index (χ2n) is 11.7. The summed E-state index contributed by atoms with van der Waals surface area (Å²) in [4.78, 5) is 23.6. The summed E-state index contributed by atoms with van der Waals surface area (Å²) in [7, 11) is -2.51. The molecule has 0 bridgehead atoms. The minimum Gasteiger partial charge on any atom is -0.459 e. The third kappa shape index (κ3) is 6.96. The van der Waals surface area contributed by atoms with Gasteiger partial charge in [-0.2, -0.15) is 9.57 Å². The molecule has 0 radical (unpaired) electrons. The van der Waals surface area contributed by atoms with E-state index >= 15 is 0 Å². The Morgan fingerprint density at radius 2 is 1.91 bits per heavy atom. The van der Waals surface area contributed by atoms with Gasteiger partial charge >= 0.3 is 5.97 Å². The molecule has 0 saturated heterocycles. The molecule has 2 aromatic carbocycles. The average Bonchev–Trinajstić information content (AvgIpc) is 3.59. The van der Waals surface area contributed by atoms with E-state index in [1.54, 1.807) is 57.0 Å². The number of ether oxygens (including phenoxy) is 1. The standard InChI is InChI=1S/C31H35N7O4S/c1-31(2,3)42-30(39)20-38(43(40,41)29-19-35(4)22-34-29)26-13-25-12-24(14-32)10-11-28(25)36(17-26)18-27-15-33-21-37(27)16-23-8-6-5-7-9-23/h5-12,15,19,21-22,26H,13,16-18,20H2,1-4H3. The number of nitriles is 1. The minimum atomic E-state index is -4.19. The molecule has 4 aromatic rings. The van der Waals surface area contributed by atoms with E-state index in [4.69, 9.17) is 4.74 Å². The number of benzene rings is 2. The molecule has 1 aliphatic heterocycles. The quantitative estimate of drug-likeness (QED) is 0.267. The Balaban J connectivity index is 1.52. The highest BCUT2D eigenvalue weighted by atomic mass is 32.2. The van der Waals surface area contributed by atoms with Crippen LogP contribution in [0.1, 0.15) is 43.2 Å². The molecule has 43 heavy (non-hydrogen) atoms. The zero-order valence-corrected chi connectivity index (χ0v) is 25.5. The Bertz CT molecular complexity index is 1750. The van der Waals surface area contributed by atoms with Gasteiger partial charge in [-0.3, -0.25) is 4.79 Å². The summed E-state index contributed by atoms with van der Waals surface area (Å²) in [5, 5.41) is 9.47. The molecule has 0 fully saturated rings. The number of sulfonamides is 1. The van der Waals surface area contributed by atoms with Crippen molar-refractivity contribution >= 4 is 21.7 Å². The lowest BCUT2D eigenvalue weighted by Crippen LogP contribution is -2.52. The molecule has 11 nitrogen and oxygen atoms in total. The highest BCUT2D eigenvalue weighted by Crippen LogP contribution is 2.33. The van der Waals surface area contributed by atoms with Crippen molar-refractivity contribution in [3.63, 3.8) is 0 Å². The van der Waals surface area contributed by atoms with E-state index in [2.05, 4.69) is 37.6 Å². The molecule has 224 valence electrons. The third-order valence-corrected chi connectivity index (χ3v) is 8.93. The van der Waals surface area contributed by atoms with Crippen LogP contribution in [0.3, 0.4) is 0 Å². The Labute approximate surface area is 252 Å². The van der Waals surface area contributed by atoms with Crippen molar-refractivity contribution < 1.29 is 17.9 Å². The van der Waals surface area contributed by atoms with Crippen LogP contribution in [0, 0.1) is 11.3 Å². The van der Waals surface area contributed by atoms with Crippen LogP contribution >= 0.6 is 0 Å². The lowest BCUT2D eigenvalue weighted by molar-refractivity contribution is -0.155. The number of esters is 1. The van der Waals surface area contributed by atoms with Crippen molar-refractivity contribution in [2.24, 2.45) is 7.05 Å². The number of rotatable bonds is 9. The smallest absolute Gasteiger partial charge is 0.321 e. The lowest BCUT2D eigenvalue weighted by atomic mass is 9.95. The van der Waals surface area contributed by atoms with Crippen LogP contribution in [0.5, 0.6) is 0 Å². The molecule has 5 rings (SSSR count). The van der Waals surface area contributed by atoms with Gasteiger partial charge in [-0.15, -0.1) is 0 Å². The van der Waals surface area contributed by atoms with Gasteiger partial charge in [-0.1, -0.05) is 30.3 Å². The third-order valence-electron chi connectivity index (χ3n) is 7.15. The molecule has 12 heteroatoms. The predicted molar refractivity (Wildman–Crippen MR) is 160 cm³/mol. The van der Waals surface area contributed by atoms with Crippen LogP contribution < -0.4 is 4.90 Å². The number of hydrogen-bond donors (Lipinski definition) is 0. The van der Waals surface area contributed by atoms with E-state index in [0.29, 0.717) is 31.6 Å². The normalized spacial score (nSPS) is 15.3. The first-order valence-corrected chi connectivity index (χ1v) is 15.4. The summed E-state index contributed by atoms with van der Waals surface area (Å²) in [6.07, 6.45) is 6.72. The van der Waals surface area contributed by atoms with Crippen LogP contribution in [0.25, 0.3) is 0 Å². The zero-order valence-electron chi connectivity index (χ0n) is 24.7. The van der Waals surface area contributed by atoms with Crippen molar-refractivity contribution in [1.29, 1.82) is 5.26 Å². The van der Waals surface area contributed by atoms with Crippen molar-refractivity contribution in [2.75, 3.05) is 18.0 Å². The van der Waals surface area contributed by atoms with Gasteiger partial charge < -0.3 is 18.8 Å². The summed E-state index contributed by atoms with van der Waals surface area (Å²) in [5.41, 5.74) is 3.46. The number of fused-ring (bicyclic) bond motifs is 1. The van der Waals surface area contributed by atoms with Gasteiger partial charge in [-0.25, -0.2) is 18.4 Å². The van der Waals surface area contributed by atoms with E-state index in [1.807, 2.05) is 24.3 Å². The molecule has 1 unspecified atom stereocenters. The number of carbonyl (C=O) groups excluding carboxylic acids is 1. The van der Waals surface area contributed by atoms with Crippen LogP contribution in [0.2, 0.25) is 0 Å². The number of imidazole rings is 2. The van der Waals surface area contributed by atoms with Gasteiger partial charge in [0.15, 0.2) is 5.03 Å². The molecule has 3 heterocycles. The number of nitrogens with zero attached hydrogens (tertiary/aromatic N) is 7. The Morgan fingerprint density at radius 1 is 1.14 bits per heavy atom. The first kappa shape index (κ1) is 30.0. The molecule has 1 aliphatic rings. The van der Waals surface area contributed by atoms with E-state index in [0.717, 1.165) is 22.5 Å². The van der Waals surface area contributed by atoms with E-state index in [9.17, 15) is 18.5 Å². The zero-order chi connectivity index (χ0) is 30.8. The minimum absolute atomic E-state index is 0.150. The summed E-state index contributed by atoms with van der Waals surface area (Å²) in [5.74, 6) is -0.656. The molecular weight excluding hydrogens is 566 g/mol. The van der Waals surface area contributed by atoms with Crippen LogP contribution in [-0.2, 0) is 46.1 Å². The summed E-state index contributed by atoms with van der Waals surface area (Å²) in [6, 6.07) is 17.0. The SMILES string of the molecule is Cn1cnc(S(=O)(=O)N(CC(=O)OC(C)(C)C)C2Cc3cc(C#N)ccc3N(Cc3cncn3Cc3ccccc3)C2)c1. The van der Waals surface area contributed by atoms with Crippen molar-refractivity contribution in [2.45, 2.75) is 57.0 Å². The topological polar surface area (TPSA) is 126 Å². The summed E-state index contributed by atoms with van der Waals surface area (Å²) in [6.45, 7) is 6.10. The van der Waals surface area contributed by atoms with Crippen LogP contribution in [0.15, 0.2) is 78.6 Å². The molecule has 0 amide bonds. The highest BCUT2D eigenvalue weighted by Gasteiger charge is 2.39. The van der Waals surface area contributed by atoms with Gasteiger partial charge in [0.1, 0.15) is 12.1 Å². The maximum Gasteiger partial charge on any atom is 0.321 e. The molecule has 0 spiro atoms. The Morgan fingerprint density at radius 3 is 2.58 bits per heavy atom. The molecule has 0 N–H and O–H groups in total. The molecular formula is C31H35N7O4S. The number of carbonyl (C=O) groups is 1. The van der Waals surface area contributed by atoms with Crippen molar-refractivity contribution in [3.05, 3.63) is 96.0 Å². The molecule has 0 saturated carbocycles. The van der Waals surface area contributed by atoms with E-state index in [1.165, 1.54) is 16.8 Å².